The van der Waals surface area contributed by atoms with E-state index in [1.165, 1.54) is 12.1 Å². The van der Waals surface area contributed by atoms with E-state index in [9.17, 15) is 18.4 Å². The summed E-state index contributed by atoms with van der Waals surface area (Å²) < 4.78 is 27.0. The average Bonchev–Trinajstić information content (AvgIpc) is 3.37. The molecule has 1 aliphatic carbocycles. The minimum absolute atomic E-state index is 0.0461. The van der Waals surface area contributed by atoms with Gasteiger partial charge in [-0.3, -0.25) is 9.59 Å². The molecule has 4 atom stereocenters. The van der Waals surface area contributed by atoms with Crippen LogP contribution in [0.4, 0.5) is 14.6 Å². The summed E-state index contributed by atoms with van der Waals surface area (Å²) in [5.41, 5.74) is 8.00. The molecule has 1 fully saturated rings. The van der Waals surface area contributed by atoms with Gasteiger partial charge in [-0.25, -0.2) is 13.8 Å². The number of rotatable bonds is 6. The van der Waals surface area contributed by atoms with Crippen molar-refractivity contribution in [1.29, 1.82) is 0 Å². The summed E-state index contributed by atoms with van der Waals surface area (Å²) in [6.45, 7) is 2.19. The number of aromatic nitrogens is 1. The molecular weight excluding hydrogens is 416 g/mol. The normalized spacial score (nSPS) is 22.9. The summed E-state index contributed by atoms with van der Waals surface area (Å²) >= 11 is 0. The van der Waals surface area contributed by atoms with Gasteiger partial charge in [-0.2, -0.15) is 0 Å². The maximum Gasteiger partial charge on any atom is 0.242 e. The van der Waals surface area contributed by atoms with Gasteiger partial charge in [0, 0.05) is 11.8 Å². The number of anilines is 1. The Kier molecular flexibility index (Phi) is 6.36. The van der Waals surface area contributed by atoms with Gasteiger partial charge in [0.1, 0.15) is 23.5 Å². The fraction of sp³-hybridized carbons (Fsp3) is 0.435. The Morgan fingerprint density at radius 3 is 2.88 bits per heavy atom. The van der Waals surface area contributed by atoms with Gasteiger partial charge in [0.2, 0.25) is 11.8 Å². The lowest BCUT2D eigenvalue weighted by Crippen LogP contribution is -2.50. The molecule has 9 heteroatoms. The quantitative estimate of drug-likeness (QED) is 0.544. The van der Waals surface area contributed by atoms with Gasteiger partial charge < -0.3 is 21.7 Å². The van der Waals surface area contributed by atoms with Crippen molar-refractivity contribution in [2.75, 3.05) is 12.3 Å². The Morgan fingerprint density at radius 2 is 2.09 bits per heavy atom. The molecule has 170 valence electrons. The van der Waals surface area contributed by atoms with Crippen molar-refractivity contribution in [1.82, 2.24) is 20.9 Å². The summed E-state index contributed by atoms with van der Waals surface area (Å²) in [6.07, 6.45) is 2.41. The molecule has 2 aromatic rings. The number of nitrogens with one attached hydrogen (secondary N) is 3. The fourth-order valence-corrected chi connectivity index (χ4v) is 4.47. The highest BCUT2D eigenvalue weighted by Gasteiger charge is 2.32. The van der Waals surface area contributed by atoms with Gasteiger partial charge in [0.05, 0.1) is 12.1 Å². The lowest BCUT2D eigenvalue weighted by atomic mass is 9.96. The molecule has 32 heavy (non-hydrogen) atoms. The minimum Gasteiger partial charge on any atom is -0.384 e. The summed E-state index contributed by atoms with van der Waals surface area (Å²) in [5.74, 6) is -1.21. The number of hydrogen-bond acceptors (Lipinski definition) is 5. The number of carbonyl (C=O) groups excluding carboxylic acids is 2. The monoisotopic (exact) mass is 443 g/mol. The molecular formula is C23H27F2N5O2. The third-order valence-electron chi connectivity index (χ3n) is 6.21. The lowest BCUT2D eigenvalue weighted by Gasteiger charge is -2.20. The van der Waals surface area contributed by atoms with E-state index < -0.39 is 23.7 Å². The highest BCUT2D eigenvalue weighted by Crippen LogP contribution is 2.30. The number of benzene rings is 1. The van der Waals surface area contributed by atoms with Gasteiger partial charge in [-0.1, -0.05) is 12.1 Å². The summed E-state index contributed by atoms with van der Waals surface area (Å²) in [5, 5.41) is 8.87. The molecule has 1 aromatic heterocycles. The molecule has 4 rings (SSSR count). The maximum absolute atomic E-state index is 13.9. The second-order valence-corrected chi connectivity index (χ2v) is 8.60. The Hall–Kier alpha value is -3.07. The Bertz CT molecular complexity index is 1030. The van der Waals surface area contributed by atoms with Crippen LogP contribution in [0.15, 0.2) is 30.3 Å². The molecule has 0 radical (unpaired) electrons. The zero-order valence-electron chi connectivity index (χ0n) is 17.8. The third-order valence-corrected chi connectivity index (χ3v) is 6.21. The van der Waals surface area contributed by atoms with Crippen LogP contribution in [0.2, 0.25) is 0 Å². The number of nitrogen functional groups attached to an aromatic ring is 1. The summed E-state index contributed by atoms with van der Waals surface area (Å²) in [4.78, 5) is 29.6. The molecule has 2 heterocycles. The van der Waals surface area contributed by atoms with E-state index in [0.29, 0.717) is 30.8 Å². The average molecular weight is 443 g/mol. The Balaban J connectivity index is 1.27. The van der Waals surface area contributed by atoms with Crippen LogP contribution in [-0.4, -0.2) is 35.4 Å². The lowest BCUT2D eigenvalue weighted by molar-refractivity contribution is -0.129. The van der Waals surface area contributed by atoms with E-state index in [1.54, 1.807) is 13.0 Å². The smallest absolute Gasteiger partial charge is 0.242 e. The number of pyridine rings is 1. The van der Waals surface area contributed by atoms with Crippen molar-refractivity contribution in [3.05, 3.63) is 58.8 Å². The fourth-order valence-electron chi connectivity index (χ4n) is 4.47. The van der Waals surface area contributed by atoms with Gasteiger partial charge in [0.15, 0.2) is 0 Å². The van der Waals surface area contributed by atoms with Crippen LogP contribution in [0.25, 0.3) is 0 Å². The third kappa shape index (κ3) is 4.88. The van der Waals surface area contributed by atoms with Gasteiger partial charge in [-0.05, 0) is 68.3 Å². The van der Waals surface area contributed by atoms with Gasteiger partial charge in [0.25, 0.3) is 0 Å². The van der Waals surface area contributed by atoms with Crippen molar-refractivity contribution >= 4 is 17.6 Å². The largest absolute Gasteiger partial charge is 0.384 e. The number of carbonyl (C=O) groups is 2. The number of amides is 2. The first-order chi connectivity index (χ1) is 15.3. The van der Waals surface area contributed by atoms with E-state index in [-0.39, 0.29) is 23.8 Å². The second-order valence-electron chi connectivity index (χ2n) is 8.60. The van der Waals surface area contributed by atoms with Crippen molar-refractivity contribution in [3.8, 4) is 0 Å². The molecule has 1 saturated heterocycles. The van der Waals surface area contributed by atoms with Crippen LogP contribution in [0.5, 0.6) is 0 Å². The van der Waals surface area contributed by atoms with E-state index >= 15 is 0 Å². The van der Waals surface area contributed by atoms with Crippen molar-refractivity contribution in [2.45, 2.75) is 50.7 Å². The molecule has 1 aromatic carbocycles. The Morgan fingerprint density at radius 1 is 1.28 bits per heavy atom. The summed E-state index contributed by atoms with van der Waals surface area (Å²) in [7, 11) is 0. The van der Waals surface area contributed by atoms with Gasteiger partial charge >= 0.3 is 0 Å². The predicted octanol–water partition coefficient (Wildman–Crippen LogP) is 1.77. The number of halogens is 2. The molecule has 7 nitrogen and oxygen atoms in total. The van der Waals surface area contributed by atoms with E-state index in [0.717, 1.165) is 30.2 Å². The molecule has 2 amide bonds. The molecule has 5 N–H and O–H groups in total. The topological polar surface area (TPSA) is 109 Å². The van der Waals surface area contributed by atoms with E-state index in [2.05, 4.69) is 20.9 Å². The molecule has 0 saturated carbocycles. The highest BCUT2D eigenvalue weighted by molar-refractivity contribution is 5.89. The number of aryl methyl sites for hydroxylation is 1. The van der Waals surface area contributed by atoms with E-state index in [1.807, 2.05) is 6.07 Å². The van der Waals surface area contributed by atoms with Crippen LogP contribution < -0.4 is 21.7 Å². The van der Waals surface area contributed by atoms with Crippen LogP contribution in [0.1, 0.15) is 42.6 Å². The van der Waals surface area contributed by atoms with Gasteiger partial charge in [-0.15, -0.1) is 0 Å². The first-order valence-electron chi connectivity index (χ1n) is 10.8. The standard InChI is InChI=1S/C23H27F2N5O2/c1-12(22(31)30-19-6-5-18-16(19)4-7-21(26)29-18)28-23(32)20-9-13(11-27-20)8-14-2-3-15(24)10-17(14)25/h2-4,7,10,12-13,19-20,27H,5-6,8-9,11H2,1H3,(H2,26,29)(H,28,32)(H,30,31)/t12-,13-,19+,20+/m0/s1. The zero-order valence-corrected chi connectivity index (χ0v) is 17.8. The Labute approximate surface area is 185 Å². The number of fused-ring (bicyclic) bond motifs is 1. The van der Waals surface area contributed by atoms with E-state index in [4.69, 9.17) is 5.73 Å². The molecule has 0 spiro atoms. The minimum atomic E-state index is -0.705. The molecule has 0 unspecified atom stereocenters. The SMILES string of the molecule is C[C@H](NC(=O)[C@H]1C[C@H](Cc2ccc(F)cc2F)CN1)C(=O)N[C@@H]1CCc2nc(N)ccc21. The van der Waals surface area contributed by atoms with Crippen LogP contribution in [0, 0.1) is 17.6 Å². The summed E-state index contributed by atoms with van der Waals surface area (Å²) in [6, 6.07) is 5.83. The van der Waals surface area contributed by atoms with Crippen LogP contribution >= 0.6 is 0 Å². The van der Waals surface area contributed by atoms with Crippen LogP contribution in [-0.2, 0) is 22.4 Å². The second kappa shape index (κ2) is 9.20. The number of hydrogen-bond donors (Lipinski definition) is 4. The molecule has 1 aliphatic heterocycles. The zero-order chi connectivity index (χ0) is 22.8. The van der Waals surface area contributed by atoms with Crippen LogP contribution in [0.3, 0.4) is 0 Å². The predicted molar refractivity (Wildman–Crippen MR) is 115 cm³/mol. The highest BCUT2D eigenvalue weighted by atomic mass is 19.1. The number of nitrogens with zero attached hydrogens (tertiary/aromatic N) is 1. The first kappa shape index (κ1) is 22.1. The number of nitrogens with two attached hydrogens (primary N) is 1. The maximum atomic E-state index is 13.9. The van der Waals surface area contributed by atoms with Crippen molar-refractivity contribution in [3.63, 3.8) is 0 Å². The molecule has 2 aliphatic rings. The first-order valence-corrected chi connectivity index (χ1v) is 10.8. The molecule has 0 bridgehead atoms. The van der Waals surface area contributed by atoms with Crippen molar-refractivity contribution in [2.24, 2.45) is 5.92 Å². The van der Waals surface area contributed by atoms with Crippen molar-refractivity contribution < 1.29 is 18.4 Å².